The van der Waals surface area contributed by atoms with Crippen molar-refractivity contribution in [3.8, 4) is 5.75 Å². The molecule has 1 amide bonds. The van der Waals surface area contributed by atoms with Crippen molar-refractivity contribution in [3.05, 3.63) is 75.2 Å². The first-order valence-electron chi connectivity index (χ1n) is 10.9. The van der Waals surface area contributed by atoms with E-state index in [1.807, 2.05) is 30.3 Å². The van der Waals surface area contributed by atoms with Crippen LogP contribution in [0.4, 0.5) is 10.7 Å². The van der Waals surface area contributed by atoms with Gasteiger partial charge in [-0.3, -0.25) is 4.79 Å². The summed E-state index contributed by atoms with van der Waals surface area (Å²) in [6.07, 6.45) is 8.43. The summed E-state index contributed by atoms with van der Waals surface area (Å²) in [4.78, 5) is 19.4. The molecule has 31 heavy (non-hydrogen) atoms. The molecule has 160 valence electrons. The van der Waals surface area contributed by atoms with Crippen LogP contribution in [0, 0.1) is 13.8 Å². The fourth-order valence-electron chi connectivity index (χ4n) is 3.94. The van der Waals surface area contributed by atoms with Crippen LogP contribution in [0.15, 0.2) is 47.5 Å². The number of phenols is 1. The number of fused-ring (bicyclic) bond motifs is 1. The summed E-state index contributed by atoms with van der Waals surface area (Å²) >= 11 is 1.64. The van der Waals surface area contributed by atoms with Crippen molar-refractivity contribution in [2.45, 2.75) is 52.4 Å². The lowest BCUT2D eigenvalue weighted by atomic mass is 9.96. The standard InChI is InChI=1S/C26H28N2O2S/c1-17-9-12-20(15-18(17)2)28-25(30)24-22-7-5-3-4-6-8-23(22)31-26(24)27-16-19-10-13-21(29)14-11-19/h9-16,29H,3-8H2,1-2H3,(H,28,30). The number of aryl methyl sites for hydroxylation is 3. The molecule has 0 saturated heterocycles. The maximum atomic E-state index is 13.4. The highest BCUT2D eigenvalue weighted by Crippen LogP contribution is 2.39. The molecular formula is C26H28N2O2S. The van der Waals surface area contributed by atoms with Crippen molar-refractivity contribution < 1.29 is 9.90 Å². The number of amides is 1. The van der Waals surface area contributed by atoms with Gasteiger partial charge in [0.25, 0.3) is 5.91 Å². The molecule has 1 heterocycles. The minimum atomic E-state index is -0.0841. The number of hydrogen-bond acceptors (Lipinski definition) is 4. The molecule has 0 unspecified atom stereocenters. The number of phenolic OH excluding ortho intramolecular Hbond substituents is 1. The van der Waals surface area contributed by atoms with Gasteiger partial charge in [-0.15, -0.1) is 11.3 Å². The summed E-state index contributed by atoms with van der Waals surface area (Å²) in [6.45, 7) is 4.12. The summed E-state index contributed by atoms with van der Waals surface area (Å²) < 4.78 is 0. The SMILES string of the molecule is Cc1ccc(NC(=O)c2c(N=Cc3ccc(O)cc3)sc3c2CCCCCC3)cc1C. The first-order chi connectivity index (χ1) is 15.0. The van der Waals surface area contributed by atoms with E-state index in [2.05, 4.69) is 19.2 Å². The lowest BCUT2D eigenvalue weighted by molar-refractivity contribution is 0.102. The Morgan fingerprint density at radius 2 is 1.74 bits per heavy atom. The van der Waals surface area contributed by atoms with Gasteiger partial charge in [-0.25, -0.2) is 4.99 Å². The monoisotopic (exact) mass is 432 g/mol. The Labute approximate surface area is 187 Å². The van der Waals surface area contributed by atoms with E-state index in [0.29, 0.717) is 0 Å². The molecule has 1 aliphatic rings. The van der Waals surface area contributed by atoms with Crippen molar-refractivity contribution in [2.24, 2.45) is 4.99 Å². The number of benzene rings is 2. The summed E-state index contributed by atoms with van der Waals surface area (Å²) in [5.41, 5.74) is 5.95. The number of thiophene rings is 1. The number of carbonyl (C=O) groups excluding carboxylic acids is 1. The van der Waals surface area contributed by atoms with Gasteiger partial charge >= 0.3 is 0 Å². The van der Waals surface area contributed by atoms with Crippen molar-refractivity contribution in [1.29, 1.82) is 0 Å². The molecule has 0 fully saturated rings. The zero-order chi connectivity index (χ0) is 21.8. The van der Waals surface area contributed by atoms with Crippen LogP contribution in [0.3, 0.4) is 0 Å². The van der Waals surface area contributed by atoms with E-state index in [-0.39, 0.29) is 11.7 Å². The van der Waals surface area contributed by atoms with E-state index in [4.69, 9.17) is 4.99 Å². The van der Waals surface area contributed by atoms with Crippen LogP contribution in [0.2, 0.25) is 0 Å². The molecular weight excluding hydrogens is 404 g/mol. The number of nitrogens with zero attached hydrogens (tertiary/aromatic N) is 1. The third kappa shape index (κ3) is 5.05. The van der Waals surface area contributed by atoms with E-state index >= 15 is 0 Å². The molecule has 0 radical (unpaired) electrons. The zero-order valence-electron chi connectivity index (χ0n) is 18.1. The molecule has 1 aromatic heterocycles. The Bertz CT molecular complexity index is 1110. The lowest BCUT2D eigenvalue weighted by Gasteiger charge is -2.12. The second-order valence-corrected chi connectivity index (χ2v) is 9.28. The summed E-state index contributed by atoms with van der Waals surface area (Å²) in [5, 5.41) is 13.4. The zero-order valence-corrected chi connectivity index (χ0v) is 18.9. The number of aliphatic imine (C=N–C) groups is 1. The van der Waals surface area contributed by atoms with Crippen LogP contribution < -0.4 is 5.32 Å². The Morgan fingerprint density at radius 3 is 2.48 bits per heavy atom. The molecule has 0 atom stereocenters. The average molecular weight is 433 g/mol. The summed E-state index contributed by atoms with van der Waals surface area (Å²) in [5.74, 6) is 0.142. The van der Waals surface area contributed by atoms with Crippen LogP contribution in [0.5, 0.6) is 5.75 Å². The van der Waals surface area contributed by atoms with Gasteiger partial charge < -0.3 is 10.4 Å². The van der Waals surface area contributed by atoms with E-state index < -0.39 is 0 Å². The number of anilines is 1. The van der Waals surface area contributed by atoms with Gasteiger partial charge in [-0.1, -0.05) is 18.9 Å². The van der Waals surface area contributed by atoms with Gasteiger partial charge in [0.15, 0.2) is 0 Å². The third-order valence-electron chi connectivity index (χ3n) is 5.87. The van der Waals surface area contributed by atoms with E-state index in [9.17, 15) is 9.90 Å². The van der Waals surface area contributed by atoms with Crippen LogP contribution in [0.1, 0.15) is 63.2 Å². The van der Waals surface area contributed by atoms with E-state index in [0.717, 1.165) is 53.1 Å². The Kier molecular flexibility index (Phi) is 6.52. The Morgan fingerprint density at radius 1 is 1.00 bits per heavy atom. The first-order valence-corrected chi connectivity index (χ1v) is 11.7. The van der Waals surface area contributed by atoms with Gasteiger partial charge in [0.1, 0.15) is 10.8 Å². The quantitative estimate of drug-likeness (QED) is 0.449. The van der Waals surface area contributed by atoms with Crippen LogP contribution in [0.25, 0.3) is 0 Å². The molecule has 4 nitrogen and oxygen atoms in total. The predicted molar refractivity (Wildman–Crippen MR) is 129 cm³/mol. The largest absolute Gasteiger partial charge is 0.508 e. The van der Waals surface area contributed by atoms with Crippen molar-refractivity contribution >= 4 is 34.1 Å². The Balaban J connectivity index is 1.69. The maximum Gasteiger partial charge on any atom is 0.259 e. The molecule has 2 aromatic carbocycles. The molecule has 0 saturated carbocycles. The van der Waals surface area contributed by atoms with Crippen molar-refractivity contribution in [3.63, 3.8) is 0 Å². The fraction of sp³-hybridized carbons (Fsp3) is 0.308. The number of nitrogens with one attached hydrogen (secondary N) is 1. The summed E-state index contributed by atoms with van der Waals surface area (Å²) in [7, 11) is 0. The predicted octanol–water partition coefficient (Wildman–Crippen LogP) is 6.73. The highest BCUT2D eigenvalue weighted by Gasteiger charge is 2.24. The molecule has 2 N–H and O–H groups in total. The van der Waals surface area contributed by atoms with Gasteiger partial charge in [0.05, 0.1) is 5.56 Å². The highest BCUT2D eigenvalue weighted by atomic mass is 32.1. The van der Waals surface area contributed by atoms with Gasteiger partial charge in [-0.2, -0.15) is 0 Å². The molecule has 4 rings (SSSR count). The summed E-state index contributed by atoms with van der Waals surface area (Å²) in [6, 6.07) is 12.9. The first kappa shape index (κ1) is 21.3. The highest BCUT2D eigenvalue weighted by molar-refractivity contribution is 7.16. The molecule has 0 aliphatic heterocycles. The van der Waals surface area contributed by atoms with Crippen LogP contribution >= 0.6 is 11.3 Å². The van der Waals surface area contributed by atoms with Crippen molar-refractivity contribution in [2.75, 3.05) is 5.32 Å². The third-order valence-corrected chi connectivity index (χ3v) is 7.07. The molecule has 5 heteroatoms. The number of rotatable bonds is 4. The second-order valence-electron chi connectivity index (χ2n) is 8.20. The van der Waals surface area contributed by atoms with Crippen LogP contribution in [-0.2, 0) is 12.8 Å². The minimum absolute atomic E-state index is 0.0841. The van der Waals surface area contributed by atoms with Gasteiger partial charge in [0.2, 0.25) is 0 Å². The molecule has 0 spiro atoms. The second kappa shape index (κ2) is 9.48. The number of carbonyl (C=O) groups is 1. The minimum Gasteiger partial charge on any atom is -0.508 e. The number of aromatic hydroxyl groups is 1. The van der Waals surface area contributed by atoms with Gasteiger partial charge in [-0.05, 0) is 98.2 Å². The van der Waals surface area contributed by atoms with Gasteiger partial charge in [0, 0.05) is 16.8 Å². The van der Waals surface area contributed by atoms with E-state index in [1.54, 1.807) is 29.7 Å². The number of hydrogen-bond donors (Lipinski definition) is 2. The normalized spacial score (nSPS) is 14.1. The molecule has 0 bridgehead atoms. The van der Waals surface area contributed by atoms with Crippen LogP contribution in [-0.4, -0.2) is 17.2 Å². The lowest BCUT2D eigenvalue weighted by Crippen LogP contribution is -2.14. The molecule has 1 aliphatic carbocycles. The Hall–Kier alpha value is -2.92. The fourth-order valence-corrected chi connectivity index (χ4v) is 5.17. The topological polar surface area (TPSA) is 61.7 Å². The average Bonchev–Trinajstić information content (AvgIpc) is 3.07. The van der Waals surface area contributed by atoms with Crippen molar-refractivity contribution in [1.82, 2.24) is 0 Å². The maximum absolute atomic E-state index is 13.4. The smallest absolute Gasteiger partial charge is 0.259 e. The molecule has 3 aromatic rings. The van der Waals surface area contributed by atoms with E-state index in [1.165, 1.54) is 28.8 Å².